The first-order valence-corrected chi connectivity index (χ1v) is 4.37. The van der Waals surface area contributed by atoms with Crippen LogP contribution in [0.3, 0.4) is 0 Å². The second-order valence-electron chi connectivity index (χ2n) is 3.04. The third-order valence-corrected chi connectivity index (χ3v) is 1.82. The third kappa shape index (κ3) is 2.14. The molecule has 2 aromatic heterocycles. The lowest BCUT2D eigenvalue weighted by molar-refractivity contribution is 0.100. The largest absolute Gasteiger partial charge is 0.365 e. The molecule has 16 heavy (non-hydrogen) atoms. The highest BCUT2D eigenvalue weighted by molar-refractivity contribution is 5.92. The van der Waals surface area contributed by atoms with Crippen LogP contribution in [-0.4, -0.2) is 20.8 Å². The minimum absolute atomic E-state index is 0.261. The Kier molecular flexibility index (Phi) is 2.50. The van der Waals surface area contributed by atoms with Crippen molar-refractivity contribution in [3.63, 3.8) is 0 Å². The number of halogens is 1. The molecule has 2 rings (SSSR count). The van der Waals surface area contributed by atoms with E-state index in [0.717, 1.165) is 6.20 Å². The van der Waals surface area contributed by atoms with E-state index in [2.05, 4.69) is 15.5 Å². The topological polar surface area (TPSA) is 85.8 Å². The van der Waals surface area contributed by atoms with E-state index in [1.807, 2.05) is 0 Å². The first kappa shape index (κ1) is 10.1. The maximum Gasteiger partial charge on any atom is 0.251 e. The van der Waals surface area contributed by atoms with Gasteiger partial charge >= 0.3 is 0 Å². The van der Waals surface area contributed by atoms with Crippen molar-refractivity contribution in [2.24, 2.45) is 5.73 Å². The van der Waals surface area contributed by atoms with Crippen molar-refractivity contribution in [1.82, 2.24) is 14.9 Å². The Morgan fingerprint density at radius 2 is 2.25 bits per heavy atom. The number of primary amides is 1. The van der Waals surface area contributed by atoms with Gasteiger partial charge in [-0.3, -0.25) is 15.2 Å². The zero-order chi connectivity index (χ0) is 11.5. The van der Waals surface area contributed by atoms with Crippen LogP contribution in [0.25, 0.3) is 0 Å². The summed E-state index contributed by atoms with van der Waals surface area (Å²) in [4.78, 5) is 15.7. The highest BCUT2D eigenvalue weighted by atomic mass is 19.1. The predicted octanol–water partition coefficient (Wildman–Crippen LogP) is 0.391. The van der Waals surface area contributed by atoms with Crippen molar-refractivity contribution in [1.29, 1.82) is 0 Å². The Balaban J connectivity index is 2.17. The average molecular weight is 221 g/mol. The van der Waals surface area contributed by atoms with E-state index in [-0.39, 0.29) is 5.56 Å². The lowest BCUT2D eigenvalue weighted by atomic mass is 10.4. The summed E-state index contributed by atoms with van der Waals surface area (Å²) in [6.07, 6.45) is 5.22. The van der Waals surface area contributed by atoms with Gasteiger partial charge in [0, 0.05) is 6.07 Å². The van der Waals surface area contributed by atoms with Crippen molar-refractivity contribution < 1.29 is 9.18 Å². The number of nitrogens with zero attached hydrogens (tertiary/aromatic N) is 3. The molecule has 0 aliphatic rings. The van der Waals surface area contributed by atoms with Gasteiger partial charge in [-0.05, 0) is 0 Å². The Morgan fingerprint density at radius 1 is 1.44 bits per heavy atom. The molecule has 0 fully saturated rings. The number of aromatic nitrogens is 3. The molecule has 1 amide bonds. The maximum atomic E-state index is 12.8. The molecule has 0 saturated carbocycles. The van der Waals surface area contributed by atoms with Gasteiger partial charge in [0.05, 0.1) is 36.0 Å². The molecule has 0 aliphatic heterocycles. The third-order valence-electron chi connectivity index (χ3n) is 1.82. The fraction of sp³-hybridized carbons (Fsp3) is 0. The first-order chi connectivity index (χ1) is 7.65. The fourth-order valence-corrected chi connectivity index (χ4v) is 1.12. The number of rotatable bonds is 3. The molecule has 0 aliphatic carbocycles. The normalized spacial score (nSPS) is 10.1. The highest BCUT2D eigenvalue weighted by Gasteiger charge is 2.04. The number of amides is 1. The van der Waals surface area contributed by atoms with Crippen LogP contribution >= 0.6 is 0 Å². The van der Waals surface area contributed by atoms with Gasteiger partial charge < -0.3 is 5.73 Å². The summed E-state index contributed by atoms with van der Waals surface area (Å²) in [6.45, 7) is 0. The Morgan fingerprint density at radius 3 is 2.88 bits per heavy atom. The number of carbonyl (C=O) groups excluding carboxylic acids is 1. The Labute approximate surface area is 89.9 Å². The van der Waals surface area contributed by atoms with Gasteiger partial charge in [0.25, 0.3) is 5.91 Å². The molecule has 2 heterocycles. The van der Waals surface area contributed by atoms with Crippen LogP contribution in [0.2, 0.25) is 0 Å². The van der Waals surface area contributed by atoms with Gasteiger partial charge in [-0.25, -0.2) is 4.39 Å². The SMILES string of the molecule is NC(=O)c1cnn(Nc2cncc(F)c2)c1. The van der Waals surface area contributed by atoms with E-state index >= 15 is 0 Å². The molecule has 0 atom stereocenters. The average Bonchev–Trinajstić information content (AvgIpc) is 2.66. The summed E-state index contributed by atoms with van der Waals surface area (Å²) in [6, 6.07) is 1.25. The first-order valence-electron chi connectivity index (χ1n) is 4.37. The molecule has 0 radical (unpaired) electrons. The van der Waals surface area contributed by atoms with E-state index in [1.54, 1.807) is 0 Å². The molecule has 82 valence electrons. The zero-order valence-corrected chi connectivity index (χ0v) is 8.09. The van der Waals surface area contributed by atoms with Gasteiger partial charge in [-0.15, -0.1) is 0 Å². The van der Waals surface area contributed by atoms with Crippen LogP contribution in [0.5, 0.6) is 0 Å². The fourth-order valence-electron chi connectivity index (χ4n) is 1.12. The van der Waals surface area contributed by atoms with Crippen molar-refractivity contribution in [2.75, 3.05) is 5.43 Å². The summed E-state index contributed by atoms with van der Waals surface area (Å²) in [7, 11) is 0. The van der Waals surface area contributed by atoms with Gasteiger partial charge in [-0.1, -0.05) is 0 Å². The number of nitrogens with one attached hydrogen (secondary N) is 1. The second kappa shape index (κ2) is 3.97. The van der Waals surface area contributed by atoms with Crippen LogP contribution < -0.4 is 11.2 Å². The molecule has 0 saturated heterocycles. The summed E-state index contributed by atoms with van der Waals surface area (Å²) < 4.78 is 12.8. The maximum absolute atomic E-state index is 12.8. The summed E-state index contributed by atoms with van der Waals surface area (Å²) in [5.74, 6) is -1.04. The van der Waals surface area contributed by atoms with E-state index in [9.17, 15) is 9.18 Å². The molecule has 0 spiro atoms. The van der Waals surface area contributed by atoms with Crippen molar-refractivity contribution in [3.05, 3.63) is 42.2 Å². The van der Waals surface area contributed by atoms with Gasteiger partial charge in [0.15, 0.2) is 0 Å². The molecule has 0 unspecified atom stereocenters. The zero-order valence-electron chi connectivity index (χ0n) is 8.09. The number of hydrogen-bond donors (Lipinski definition) is 2. The lowest BCUT2D eigenvalue weighted by Gasteiger charge is -2.04. The van der Waals surface area contributed by atoms with Gasteiger partial charge in [0.2, 0.25) is 0 Å². The lowest BCUT2D eigenvalue weighted by Crippen LogP contribution is -2.12. The van der Waals surface area contributed by atoms with Crippen molar-refractivity contribution in [3.8, 4) is 0 Å². The highest BCUT2D eigenvalue weighted by Crippen LogP contribution is 2.07. The molecule has 7 heteroatoms. The molecule has 3 N–H and O–H groups in total. The summed E-state index contributed by atoms with van der Waals surface area (Å²) in [5.41, 5.74) is 8.44. The molecule has 6 nitrogen and oxygen atoms in total. The number of nitrogens with two attached hydrogens (primary N) is 1. The van der Waals surface area contributed by atoms with Crippen LogP contribution in [0.4, 0.5) is 10.1 Å². The minimum atomic E-state index is -0.578. The molecule has 0 bridgehead atoms. The monoisotopic (exact) mass is 221 g/mol. The molecular weight excluding hydrogens is 213 g/mol. The van der Waals surface area contributed by atoms with Crippen molar-refractivity contribution in [2.45, 2.75) is 0 Å². The number of pyridine rings is 1. The number of carbonyl (C=O) groups is 1. The van der Waals surface area contributed by atoms with Crippen LogP contribution in [-0.2, 0) is 0 Å². The molecule has 0 aromatic carbocycles. The Bertz CT molecular complexity index is 524. The van der Waals surface area contributed by atoms with E-state index in [0.29, 0.717) is 5.69 Å². The smallest absolute Gasteiger partial charge is 0.251 e. The van der Waals surface area contributed by atoms with Crippen LogP contribution in [0.1, 0.15) is 10.4 Å². The van der Waals surface area contributed by atoms with E-state index < -0.39 is 11.7 Å². The van der Waals surface area contributed by atoms with Gasteiger partial charge in [0.1, 0.15) is 5.82 Å². The van der Waals surface area contributed by atoms with Crippen LogP contribution in [0, 0.1) is 5.82 Å². The molecular formula is C9H8FN5O. The number of hydrogen-bond acceptors (Lipinski definition) is 4. The van der Waals surface area contributed by atoms with E-state index in [1.165, 1.54) is 29.4 Å². The van der Waals surface area contributed by atoms with Crippen LogP contribution in [0.15, 0.2) is 30.9 Å². The summed E-state index contributed by atoms with van der Waals surface area (Å²) in [5, 5.41) is 3.82. The molecule has 2 aromatic rings. The quantitative estimate of drug-likeness (QED) is 0.785. The standard InChI is InChI=1S/C9H8FN5O/c10-7-1-8(4-12-3-7)14-15-5-6(2-13-15)9(11)16/h1-5,14H,(H2,11,16). The van der Waals surface area contributed by atoms with Crippen molar-refractivity contribution >= 4 is 11.6 Å². The summed E-state index contributed by atoms with van der Waals surface area (Å²) >= 11 is 0. The Hall–Kier alpha value is -2.44. The minimum Gasteiger partial charge on any atom is -0.365 e. The predicted molar refractivity (Wildman–Crippen MR) is 54.0 cm³/mol. The van der Waals surface area contributed by atoms with E-state index in [4.69, 9.17) is 5.73 Å². The number of anilines is 1. The van der Waals surface area contributed by atoms with Gasteiger partial charge in [-0.2, -0.15) is 9.89 Å². The second-order valence-corrected chi connectivity index (χ2v) is 3.04.